The molecule has 0 saturated heterocycles. The van der Waals surface area contributed by atoms with Crippen LogP contribution in [0.25, 0.3) is 10.1 Å². The SMILES string of the molecule is N#Cc1sc2cccc(N)c2c1C#N. The molecule has 3 nitrogen and oxygen atoms in total. The highest BCUT2D eigenvalue weighted by Gasteiger charge is 2.12. The summed E-state index contributed by atoms with van der Waals surface area (Å²) >= 11 is 1.30. The van der Waals surface area contributed by atoms with Crippen LogP contribution in [0.3, 0.4) is 0 Å². The number of benzene rings is 1. The van der Waals surface area contributed by atoms with Gasteiger partial charge in [0.1, 0.15) is 17.0 Å². The minimum atomic E-state index is 0.394. The molecular formula is C10H5N3S. The molecule has 66 valence electrons. The van der Waals surface area contributed by atoms with Gasteiger partial charge in [0.25, 0.3) is 0 Å². The van der Waals surface area contributed by atoms with Crippen LogP contribution in [0.2, 0.25) is 0 Å². The first kappa shape index (κ1) is 8.55. The number of fused-ring (bicyclic) bond motifs is 1. The molecule has 2 rings (SSSR count). The number of hydrogen-bond acceptors (Lipinski definition) is 4. The number of nitrogens with two attached hydrogens (primary N) is 1. The van der Waals surface area contributed by atoms with Gasteiger partial charge in [-0.15, -0.1) is 11.3 Å². The zero-order chi connectivity index (χ0) is 10.1. The van der Waals surface area contributed by atoms with E-state index in [1.54, 1.807) is 6.07 Å². The average molecular weight is 199 g/mol. The fourth-order valence-electron chi connectivity index (χ4n) is 1.36. The summed E-state index contributed by atoms with van der Waals surface area (Å²) < 4.78 is 0.887. The zero-order valence-corrected chi connectivity index (χ0v) is 7.93. The highest BCUT2D eigenvalue weighted by molar-refractivity contribution is 7.19. The van der Waals surface area contributed by atoms with Crippen molar-refractivity contribution in [3.63, 3.8) is 0 Å². The Morgan fingerprint density at radius 3 is 2.64 bits per heavy atom. The van der Waals surface area contributed by atoms with Gasteiger partial charge in [0, 0.05) is 15.8 Å². The van der Waals surface area contributed by atoms with Gasteiger partial charge < -0.3 is 5.73 Å². The molecule has 0 bridgehead atoms. The molecule has 2 N–H and O–H groups in total. The predicted molar refractivity (Wildman–Crippen MR) is 55.7 cm³/mol. The van der Waals surface area contributed by atoms with E-state index in [0.29, 0.717) is 21.5 Å². The summed E-state index contributed by atoms with van der Waals surface area (Å²) in [5.41, 5.74) is 6.69. The van der Waals surface area contributed by atoms with Crippen molar-refractivity contribution < 1.29 is 0 Å². The zero-order valence-electron chi connectivity index (χ0n) is 7.11. The van der Waals surface area contributed by atoms with E-state index < -0.39 is 0 Å². The van der Waals surface area contributed by atoms with Crippen LogP contribution in [0.15, 0.2) is 18.2 Å². The Kier molecular flexibility index (Phi) is 1.85. The monoisotopic (exact) mass is 199 g/mol. The van der Waals surface area contributed by atoms with E-state index in [1.165, 1.54) is 11.3 Å². The summed E-state index contributed by atoms with van der Waals surface area (Å²) in [5, 5.41) is 18.4. The van der Waals surface area contributed by atoms with E-state index in [-0.39, 0.29) is 0 Å². The van der Waals surface area contributed by atoms with E-state index in [9.17, 15) is 0 Å². The number of nitrogen functional groups attached to an aromatic ring is 1. The standard InChI is InChI=1S/C10H5N3S/c11-4-6-9(5-12)14-8-3-1-2-7(13)10(6)8/h1-3H,13H2. The van der Waals surface area contributed by atoms with Gasteiger partial charge in [0.15, 0.2) is 0 Å². The number of nitriles is 2. The Hall–Kier alpha value is -2.04. The molecule has 0 aliphatic rings. The van der Waals surface area contributed by atoms with Crippen molar-refractivity contribution in [1.82, 2.24) is 0 Å². The van der Waals surface area contributed by atoms with Gasteiger partial charge in [-0.25, -0.2) is 0 Å². The van der Waals surface area contributed by atoms with Gasteiger partial charge >= 0.3 is 0 Å². The molecule has 0 unspecified atom stereocenters. The van der Waals surface area contributed by atoms with Crippen molar-refractivity contribution in [2.45, 2.75) is 0 Å². The number of nitrogens with zero attached hydrogens (tertiary/aromatic N) is 2. The van der Waals surface area contributed by atoms with Crippen LogP contribution in [0.4, 0.5) is 5.69 Å². The van der Waals surface area contributed by atoms with Gasteiger partial charge in [-0.2, -0.15) is 10.5 Å². The molecule has 0 aliphatic heterocycles. The Labute approximate surface area is 84.6 Å². The van der Waals surface area contributed by atoms with E-state index in [1.807, 2.05) is 24.3 Å². The second-order valence-corrected chi connectivity index (χ2v) is 3.80. The molecule has 0 spiro atoms. The van der Waals surface area contributed by atoms with Gasteiger partial charge in [-0.1, -0.05) is 6.07 Å². The van der Waals surface area contributed by atoms with Crippen molar-refractivity contribution in [1.29, 1.82) is 10.5 Å². The molecule has 0 aliphatic carbocycles. The summed E-state index contributed by atoms with van der Waals surface area (Å²) in [6, 6.07) is 9.43. The summed E-state index contributed by atoms with van der Waals surface area (Å²) in [6.07, 6.45) is 0. The third-order valence-electron chi connectivity index (χ3n) is 1.96. The largest absolute Gasteiger partial charge is 0.398 e. The quantitative estimate of drug-likeness (QED) is 0.661. The Bertz CT molecular complexity index is 584. The summed E-state index contributed by atoms with van der Waals surface area (Å²) in [4.78, 5) is 0.431. The smallest absolute Gasteiger partial charge is 0.123 e. The topological polar surface area (TPSA) is 73.6 Å². The Morgan fingerprint density at radius 1 is 1.21 bits per heavy atom. The Morgan fingerprint density at radius 2 is 2.00 bits per heavy atom. The number of anilines is 1. The lowest BCUT2D eigenvalue weighted by molar-refractivity contribution is 1.49. The van der Waals surface area contributed by atoms with E-state index in [4.69, 9.17) is 16.3 Å². The normalized spacial score (nSPS) is 9.57. The van der Waals surface area contributed by atoms with Crippen LogP contribution in [0, 0.1) is 22.7 Å². The maximum absolute atomic E-state index is 8.91. The fourth-order valence-corrected chi connectivity index (χ4v) is 2.34. The maximum atomic E-state index is 8.91. The minimum Gasteiger partial charge on any atom is -0.398 e. The maximum Gasteiger partial charge on any atom is 0.123 e. The second kappa shape index (κ2) is 3.02. The molecule has 14 heavy (non-hydrogen) atoms. The average Bonchev–Trinajstić information content (AvgIpc) is 2.56. The molecule has 1 heterocycles. The third-order valence-corrected chi connectivity index (χ3v) is 3.02. The first-order valence-corrected chi connectivity index (χ1v) is 4.70. The van der Waals surface area contributed by atoms with Crippen LogP contribution in [0.5, 0.6) is 0 Å². The lowest BCUT2D eigenvalue weighted by Crippen LogP contribution is -1.86. The lowest BCUT2D eigenvalue weighted by atomic mass is 10.1. The fraction of sp³-hybridized carbons (Fsp3) is 0. The molecular weight excluding hydrogens is 194 g/mol. The van der Waals surface area contributed by atoms with Crippen molar-refractivity contribution in [2.24, 2.45) is 0 Å². The highest BCUT2D eigenvalue weighted by Crippen LogP contribution is 2.33. The van der Waals surface area contributed by atoms with E-state index in [0.717, 1.165) is 4.70 Å². The Balaban J connectivity index is 2.99. The van der Waals surface area contributed by atoms with Crippen molar-refractivity contribution in [3.05, 3.63) is 28.6 Å². The molecule has 0 radical (unpaired) electrons. The molecule has 1 aromatic carbocycles. The van der Waals surface area contributed by atoms with Gasteiger partial charge in [-0.05, 0) is 12.1 Å². The van der Waals surface area contributed by atoms with Crippen molar-refractivity contribution in [2.75, 3.05) is 5.73 Å². The summed E-state index contributed by atoms with van der Waals surface area (Å²) in [6.45, 7) is 0. The lowest BCUT2D eigenvalue weighted by Gasteiger charge is -1.94. The molecule has 1 aromatic heterocycles. The molecule has 2 aromatic rings. The number of thiophene rings is 1. The molecule has 4 heteroatoms. The van der Waals surface area contributed by atoms with Crippen LogP contribution in [-0.2, 0) is 0 Å². The van der Waals surface area contributed by atoms with Gasteiger partial charge in [-0.3, -0.25) is 0 Å². The minimum absolute atomic E-state index is 0.394. The van der Waals surface area contributed by atoms with Crippen LogP contribution in [0.1, 0.15) is 10.4 Å². The first-order chi connectivity index (χ1) is 6.77. The number of rotatable bonds is 0. The van der Waals surface area contributed by atoms with Crippen molar-refractivity contribution >= 4 is 27.1 Å². The van der Waals surface area contributed by atoms with Crippen LogP contribution >= 0.6 is 11.3 Å². The van der Waals surface area contributed by atoms with E-state index in [2.05, 4.69) is 0 Å². The van der Waals surface area contributed by atoms with Crippen LogP contribution in [-0.4, -0.2) is 0 Å². The first-order valence-electron chi connectivity index (χ1n) is 3.89. The summed E-state index contributed by atoms with van der Waals surface area (Å²) in [7, 11) is 0. The molecule has 0 atom stereocenters. The van der Waals surface area contributed by atoms with E-state index >= 15 is 0 Å². The molecule has 0 fully saturated rings. The highest BCUT2D eigenvalue weighted by atomic mass is 32.1. The predicted octanol–water partition coefficient (Wildman–Crippen LogP) is 2.23. The molecule has 0 amide bonds. The molecule has 0 saturated carbocycles. The van der Waals surface area contributed by atoms with Gasteiger partial charge in [0.2, 0.25) is 0 Å². The van der Waals surface area contributed by atoms with Crippen LogP contribution < -0.4 is 5.73 Å². The summed E-state index contributed by atoms with van der Waals surface area (Å²) in [5.74, 6) is 0. The van der Waals surface area contributed by atoms with Gasteiger partial charge in [0.05, 0.1) is 5.56 Å². The second-order valence-electron chi connectivity index (χ2n) is 2.75. The van der Waals surface area contributed by atoms with Crippen molar-refractivity contribution in [3.8, 4) is 12.1 Å². The number of hydrogen-bond donors (Lipinski definition) is 1. The third kappa shape index (κ3) is 1.02.